The quantitative estimate of drug-likeness (QED) is 0.736. The Kier molecular flexibility index (Phi) is 4.35. The highest BCUT2D eigenvalue weighted by Crippen LogP contribution is 2.22. The van der Waals surface area contributed by atoms with E-state index in [4.69, 9.17) is 10.4 Å². The summed E-state index contributed by atoms with van der Waals surface area (Å²) in [4.78, 5) is 11.8. The van der Waals surface area contributed by atoms with Gasteiger partial charge in [-0.05, 0) is 18.6 Å². The van der Waals surface area contributed by atoms with E-state index in [1.54, 1.807) is 0 Å². The van der Waals surface area contributed by atoms with Crippen LogP contribution in [-0.2, 0) is 0 Å². The third-order valence-electron chi connectivity index (χ3n) is 2.39. The second-order valence-corrected chi connectivity index (χ2v) is 3.64. The fourth-order valence-corrected chi connectivity index (χ4v) is 1.38. The number of hydrogen-bond acceptors (Lipinski definition) is 4. The van der Waals surface area contributed by atoms with E-state index in [0.717, 1.165) is 6.07 Å². The molecule has 5 heteroatoms. The molecule has 1 atom stereocenters. The fourth-order valence-electron chi connectivity index (χ4n) is 1.38. The van der Waals surface area contributed by atoms with Crippen molar-refractivity contribution in [2.45, 2.75) is 25.8 Å². The van der Waals surface area contributed by atoms with Crippen molar-refractivity contribution in [3.05, 3.63) is 23.8 Å². The summed E-state index contributed by atoms with van der Waals surface area (Å²) in [5, 5.41) is 29.8. The summed E-state index contributed by atoms with van der Waals surface area (Å²) in [6.45, 7) is 1.86. The number of carbonyl (C=O) groups is 1. The van der Waals surface area contributed by atoms with Gasteiger partial charge >= 0.3 is 0 Å². The SMILES string of the molecule is CC[C@@H](CC#N)NC(=O)c1ccc(O)cc1O. The molecule has 1 aromatic rings. The lowest BCUT2D eigenvalue weighted by atomic mass is 10.1. The molecular formula is C12H14N2O3. The van der Waals surface area contributed by atoms with Crippen molar-refractivity contribution >= 4 is 5.91 Å². The normalized spacial score (nSPS) is 11.5. The van der Waals surface area contributed by atoms with Crippen molar-refractivity contribution in [1.82, 2.24) is 5.32 Å². The number of carbonyl (C=O) groups excluding carboxylic acids is 1. The zero-order valence-electron chi connectivity index (χ0n) is 9.47. The van der Waals surface area contributed by atoms with Gasteiger partial charge in [-0.2, -0.15) is 5.26 Å². The lowest BCUT2D eigenvalue weighted by Gasteiger charge is -2.14. The predicted molar refractivity (Wildman–Crippen MR) is 61.5 cm³/mol. The van der Waals surface area contributed by atoms with Gasteiger partial charge in [0, 0.05) is 12.1 Å². The summed E-state index contributed by atoms with van der Waals surface area (Å²) < 4.78 is 0. The number of benzene rings is 1. The van der Waals surface area contributed by atoms with Gasteiger partial charge in [-0.1, -0.05) is 6.92 Å². The Labute approximate surface area is 99.3 Å². The van der Waals surface area contributed by atoms with E-state index in [2.05, 4.69) is 5.32 Å². The molecule has 0 saturated heterocycles. The van der Waals surface area contributed by atoms with Crippen molar-refractivity contribution in [2.24, 2.45) is 0 Å². The van der Waals surface area contributed by atoms with E-state index in [0.29, 0.717) is 6.42 Å². The molecule has 0 fully saturated rings. The molecule has 0 bridgehead atoms. The van der Waals surface area contributed by atoms with E-state index >= 15 is 0 Å². The molecule has 0 heterocycles. The van der Waals surface area contributed by atoms with Crippen LogP contribution in [0.4, 0.5) is 0 Å². The van der Waals surface area contributed by atoms with Crippen LogP contribution in [0.3, 0.4) is 0 Å². The third kappa shape index (κ3) is 3.38. The Morgan fingerprint density at radius 3 is 2.76 bits per heavy atom. The number of aromatic hydroxyl groups is 2. The van der Waals surface area contributed by atoms with Crippen molar-refractivity contribution in [1.29, 1.82) is 5.26 Å². The highest BCUT2D eigenvalue weighted by Gasteiger charge is 2.15. The molecule has 5 nitrogen and oxygen atoms in total. The fraction of sp³-hybridized carbons (Fsp3) is 0.333. The van der Waals surface area contributed by atoms with Gasteiger partial charge in [0.25, 0.3) is 5.91 Å². The van der Waals surface area contributed by atoms with E-state index in [-0.39, 0.29) is 29.5 Å². The molecule has 0 unspecified atom stereocenters. The van der Waals surface area contributed by atoms with Crippen LogP contribution in [0.2, 0.25) is 0 Å². The maximum absolute atomic E-state index is 11.8. The van der Waals surface area contributed by atoms with Gasteiger partial charge in [-0.3, -0.25) is 4.79 Å². The van der Waals surface area contributed by atoms with Gasteiger partial charge in [0.05, 0.1) is 18.1 Å². The predicted octanol–water partition coefficient (Wildman–Crippen LogP) is 1.52. The zero-order chi connectivity index (χ0) is 12.8. The van der Waals surface area contributed by atoms with Crippen LogP contribution in [0.25, 0.3) is 0 Å². The molecule has 3 N–H and O–H groups in total. The molecule has 0 aliphatic carbocycles. The molecule has 0 radical (unpaired) electrons. The summed E-state index contributed by atoms with van der Waals surface area (Å²) in [7, 11) is 0. The van der Waals surface area contributed by atoms with E-state index in [9.17, 15) is 9.90 Å². The number of phenols is 2. The first-order valence-corrected chi connectivity index (χ1v) is 5.28. The van der Waals surface area contributed by atoms with Gasteiger partial charge < -0.3 is 15.5 Å². The summed E-state index contributed by atoms with van der Waals surface area (Å²) in [5.74, 6) is -0.845. The standard InChI is InChI=1S/C12H14N2O3/c1-2-8(5-6-13)14-12(17)10-4-3-9(15)7-11(10)16/h3-4,7-8,15-16H,2,5H2,1H3,(H,14,17)/t8-/m0/s1. The minimum Gasteiger partial charge on any atom is -0.508 e. The van der Waals surface area contributed by atoms with Crippen LogP contribution in [0.1, 0.15) is 30.1 Å². The Bertz CT molecular complexity index is 452. The maximum atomic E-state index is 11.8. The highest BCUT2D eigenvalue weighted by atomic mass is 16.3. The largest absolute Gasteiger partial charge is 0.508 e. The minimum atomic E-state index is -0.454. The molecule has 17 heavy (non-hydrogen) atoms. The van der Waals surface area contributed by atoms with Gasteiger partial charge in [0.15, 0.2) is 0 Å². The molecule has 0 aliphatic heterocycles. The number of rotatable bonds is 4. The van der Waals surface area contributed by atoms with Crippen LogP contribution < -0.4 is 5.32 Å². The molecule has 0 aliphatic rings. The molecule has 0 aromatic heterocycles. The van der Waals surface area contributed by atoms with Crippen LogP contribution in [0.15, 0.2) is 18.2 Å². The molecule has 0 saturated carbocycles. The first-order valence-electron chi connectivity index (χ1n) is 5.28. The molecule has 90 valence electrons. The molecule has 1 aromatic carbocycles. The zero-order valence-corrected chi connectivity index (χ0v) is 9.47. The smallest absolute Gasteiger partial charge is 0.255 e. The molecule has 1 amide bonds. The van der Waals surface area contributed by atoms with Crippen LogP contribution >= 0.6 is 0 Å². The highest BCUT2D eigenvalue weighted by molar-refractivity contribution is 5.97. The lowest BCUT2D eigenvalue weighted by molar-refractivity contribution is 0.0934. The number of phenolic OH excluding ortho intramolecular Hbond substituents is 2. The third-order valence-corrected chi connectivity index (χ3v) is 2.39. The first kappa shape index (κ1) is 12.8. The van der Waals surface area contributed by atoms with Crippen molar-refractivity contribution in [2.75, 3.05) is 0 Å². The van der Waals surface area contributed by atoms with Gasteiger partial charge in [0.2, 0.25) is 0 Å². The number of nitrogens with zero attached hydrogens (tertiary/aromatic N) is 1. The van der Waals surface area contributed by atoms with Gasteiger partial charge in [0.1, 0.15) is 11.5 Å². The second kappa shape index (κ2) is 5.75. The summed E-state index contributed by atoms with van der Waals surface area (Å²) in [5.41, 5.74) is 0.0826. The lowest BCUT2D eigenvalue weighted by Crippen LogP contribution is -2.34. The van der Waals surface area contributed by atoms with E-state index in [1.807, 2.05) is 13.0 Å². The molecular weight excluding hydrogens is 220 g/mol. The van der Waals surface area contributed by atoms with Crippen LogP contribution in [0, 0.1) is 11.3 Å². The van der Waals surface area contributed by atoms with Crippen LogP contribution in [0.5, 0.6) is 11.5 Å². The number of nitriles is 1. The number of nitrogens with one attached hydrogen (secondary N) is 1. The van der Waals surface area contributed by atoms with Crippen molar-refractivity contribution < 1.29 is 15.0 Å². The Hall–Kier alpha value is -2.22. The topological polar surface area (TPSA) is 93.4 Å². The average molecular weight is 234 g/mol. The Morgan fingerprint density at radius 2 is 2.24 bits per heavy atom. The monoisotopic (exact) mass is 234 g/mol. The molecule has 0 spiro atoms. The van der Waals surface area contributed by atoms with Crippen LogP contribution in [-0.4, -0.2) is 22.2 Å². The number of amides is 1. The average Bonchev–Trinajstić information content (AvgIpc) is 2.28. The Morgan fingerprint density at radius 1 is 1.53 bits per heavy atom. The second-order valence-electron chi connectivity index (χ2n) is 3.64. The number of hydrogen-bond donors (Lipinski definition) is 3. The maximum Gasteiger partial charge on any atom is 0.255 e. The summed E-state index contributed by atoms with van der Waals surface area (Å²) >= 11 is 0. The van der Waals surface area contributed by atoms with Gasteiger partial charge in [-0.15, -0.1) is 0 Å². The van der Waals surface area contributed by atoms with E-state index in [1.165, 1.54) is 12.1 Å². The van der Waals surface area contributed by atoms with Crippen molar-refractivity contribution in [3.63, 3.8) is 0 Å². The molecule has 1 rings (SSSR count). The summed E-state index contributed by atoms with van der Waals surface area (Å²) in [6, 6.07) is 5.50. The first-order chi connectivity index (χ1) is 8.08. The van der Waals surface area contributed by atoms with Crippen molar-refractivity contribution in [3.8, 4) is 17.6 Å². The minimum absolute atomic E-state index is 0.0826. The Balaban J connectivity index is 2.79. The summed E-state index contributed by atoms with van der Waals surface area (Å²) in [6.07, 6.45) is 0.860. The van der Waals surface area contributed by atoms with Gasteiger partial charge in [-0.25, -0.2) is 0 Å². The van der Waals surface area contributed by atoms with E-state index < -0.39 is 5.91 Å².